The summed E-state index contributed by atoms with van der Waals surface area (Å²) in [6.45, 7) is 5.65. The van der Waals surface area contributed by atoms with Crippen LogP contribution in [-0.2, 0) is 10.3 Å². The number of hydrogen-bond acceptors (Lipinski definition) is 4. The third kappa shape index (κ3) is 3.17. The molecule has 0 aliphatic heterocycles. The molecule has 1 amide bonds. The summed E-state index contributed by atoms with van der Waals surface area (Å²) in [5.41, 5.74) is 5.21. The molecule has 1 rings (SSSR count). The van der Waals surface area contributed by atoms with Crippen LogP contribution in [0.2, 0.25) is 0 Å². The van der Waals surface area contributed by atoms with Crippen molar-refractivity contribution in [1.29, 1.82) is 0 Å². The Morgan fingerprint density at radius 3 is 2.37 bits per heavy atom. The molecule has 1 atom stereocenters. The first-order valence-corrected chi connectivity index (χ1v) is 6.15. The summed E-state index contributed by atoms with van der Waals surface area (Å²) in [5, 5.41) is 3.19. The fraction of sp³-hybridized carbons (Fsp3) is 0.500. The zero-order valence-electron chi connectivity index (χ0n) is 12.1. The van der Waals surface area contributed by atoms with E-state index in [-0.39, 0.29) is 6.04 Å². The number of nitrogens with one attached hydrogen (secondary N) is 1. The summed E-state index contributed by atoms with van der Waals surface area (Å²) < 4.78 is 10.5. The Morgan fingerprint density at radius 1 is 1.32 bits per heavy atom. The Balaban J connectivity index is 3.39. The molecule has 3 N–H and O–H groups in total. The molecule has 1 unspecified atom stereocenters. The Bertz CT molecular complexity index is 460. The Morgan fingerprint density at radius 2 is 1.95 bits per heavy atom. The minimum absolute atomic E-state index is 0.0911. The average Bonchev–Trinajstić information content (AvgIpc) is 2.36. The van der Waals surface area contributed by atoms with E-state index in [1.165, 1.54) is 0 Å². The average molecular weight is 266 g/mol. The van der Waals surface area contributed by atoms with Gasteiger partial charge in [0.2, 0.25) is 5.91 Å². The predicted octanol–water partition coefficient (Wildman–Crippen LogP) is 1.40. The summed E-state index contributed by atoms with van der Waals surface area (Å²) >= 11 is 0. The van der Waals surface area contributed by atoms with Crippen LogP contribution in [0, 0.1) is 0 Å². The van der Waals surface area contributed by atoms with Crippen LogP contribution in [-0.4, -0.2) is 26.2 Å². The molecule has 0 radical (unpaired) electrons. The number of primary amides is 1. The van der Waals surface area contributed by atoms with Crippen molar-refractivity contribution in [3.63, 3.8) is 0 Å². The molecule has 0 heterocycles. The van der Waals surface area contributed by atoms with E-state index in [0.29, 0.717) is 17.1 Å². The summed E-state index contributed by atoms with van der Waals surface area (Å²) in [4.78, 5) is 11.9. The van der Waals surface area contributed by atoms with Crippen LogP contribution in [0.1, 0.15) is 26.3 Å². The molecule has 1 aromatic rings. The summed E-state index contributed by atoms with van der Waals surface area (Å²) in [6, 6.07) is 5.39. The maximum atomic E-state index is 11.9. The second-order valence-corrected chi connectivity index (χ2v) is 4.85. The van der Waals surface area contributed by atoms with E-state index >= 15 is 0 Å². The number of hydrogen-bond donors (Lipinski definition) is 2. The van der Waals surface area contributed by atoms with Crippen LogP contribution in [0.4, 0.5) is 0 Å². The van der Waals surface area contributed by atoms with Crippen molar-refractivity contribution in [2.75, 3.05) is 14.2 Å². The lowest BCUT2D eigenvalue weighted by Gasteiger charge is -2.31. The number of amides is 1. The van der Waals surface area contributed by atoms with Crippen LogP contribution in [0.3, 0.4) is 0 Å². The van der Waals surface area contributed by atoms with Crippen LogP contribution >= 0.6 is 0 Å². The fourth-order valence-electron chi connectivity index (χ4n) is 2.06. The van der Waals surface area contributed by atoms with Gasteiger partial charge in [0, 0.05) is 11.6 Å². The molecule has 0 aliphatic rings. The third-order valence-electron chi connectivity index (χ3n) is 3.02. The molecule has 106 valence electrons. The number of carbonyl (C=O) groups excluding carboxylic acids is 1. The van der Waals surface area contributed by atoms with Crippen molar-refractivity contribution in [2.45, 2.75) is 32.4 Å². The molecule has 5 nitrogen and oxygen atoms in total. The highest BCUT2D eigenvalue weighted by Gasteiger charge is 2.36. The molecule has 0 aromatic heterocycles. The Kier molecular flexibility index (Phi) is 4.78. The lowest BCUT2D eigenvalue weighted by molar-refractivity contribution is -0.124. The molecule has 0 saturated carbocycles. The van der Waals surface area contributed by atoms with Crippen molar-refractivity contribution in [3.05, 3.63) is 23.8 Å². The fourth-order valence-corrected chi connectivity index (χ4v) is 2.06. The van der Waals surface area contributed by atoms with Crippen molar-refractivity contribution in [3.8, 4) is 11.5 Å². The molecule has 1 aromatic carbocycles. The quantitative estimate of drug-likeness (QED) is 0.816. The number of benzene rings is 1. The Labute approximate surface area is 114 Å². The van der Waals surface area contributed by atoms with Crippen LogP contribution < -0.4 is 20.5 Å². The van der Waals surface area contributed by atoms with Gasteiger partial charge in [-0.25, -0.2) is 0 Å². The molecular weight excluding hydrogens is 244 g/mol. The van der Waals surface area contributed by atoms with Gasteiger partial charge in [0.1, 0.15) is 17.0 Å². The maximum Gasteiger partial charge on any atom is 0.242 e. The van der Waals surface area contributed by atoms with Crippen molar-refractivity contribution in [2.24, 2.45) is 5.73 Å². The smallest absolute Gasteiger partial charge is 0.242 e. The highest BCUT2D eigenvalue weighted by atomic mass is 16.5. The summed E-state index contributed by atoms with van der Waals surface area (Å²) in [6.07, 6.45) is 0. The van der Waals surface area contributed by atoms with Gasteiger partial charge in [0.25, 0.3) is 0 Å². The second kappa shape index (κ2) is 5.93. The summed E-state index contributed by atoms with van der Waals surface area (Å²) in [7, 11) is 3.13. The number of nitrogens with two attached hydrogens (primary N) is 1. The monoisotopic (exact) mass is 266 g/mol. The minimum atomic E-state index is -1.02. The number of rotatable bonds is 6. The van der Waals surface area contributed by atoms with E-state index < -0.39 is 11.4 Å². The lowest BCUT2D eigenvalue weighted by Crippen LogP contribution is -2.53. The van der Waals surface area contributed by atoms with Crippen molar-refractivity contribution < 1.29 is 14.3 Å². The largest absolute Gasteiger partial charge is 0.497 e. The van der Waals surface area contributed by atoms with Gasteiger partial charge in [-0.1, -0.05) is 0 Å². The molecular formula is C14H22N2O3. The molecule has 0 saturated heterocycles. The molecule has 0 fully saturated rings. The number of ether oxygens (including phenoxy) is 2. The van der Waals surface area contributed by atoms with E-state index in [1.807, 2.05) is 13.8 Å². The van der Waals surface area contributed by atoms with Gasteiger partial charge in [-0.05, 0) is 39.0 Å². The highest BCUT2D eigenvalue weighted by Crippen LogP contribution is 2.33. The zero-order valence-corrected chi connectivity index (χ0v) is 12.1. The predicted molar refractivity (Wildman–Crippen MR) is 74.4 cm³/mol. The number of methoxy groups -OCH3 is 2. The van der Waals surface area contributed by atoms with Gasteiger partial charge in [-0.2, -0.15) is 0 Å². The molecule has 0 aliphatic carbocycles. The van der Waals surface area contributed by atoms with Gasteiger partial charge in [-0.3, -0.25) is 10.1 Å². The van der Waals surface area contributed by atoms with Crippen molar-refractivity contribution >= 4 is 5.91 Å². The standard InChI is InChI=1S/C14H22N2O3/c1-9(2)16-14(3,13(15)17)11-8-10(18-4)6-7-12(11)19-5/h6-9,16H,1-5H3,(H2,15,17). The van der Waals surface area contributed by atoms with Gasteiger partial charge in [0.15, 0.2) is 0 Å². The lowest BCUT2D eigenvalue weighted by atomic mass is 9.89. The van der Waals surface area contributed by atoms with E-state index in [1.54, 1.807) is 39.3 Å². The molecule has 5 heteroatoms. The first kappa shape index (κ1) is 15.3. The molecule has 0 spiro atoms. The first-order valence-electron chi connectivity index (χ1n) is 6.15. The van der Waals surface area contributed by atoms with E-state index in [4.69, 9.17) is 15.2 Å². The Hall–Kier alpha value is -1.75. The minimum Gasteiger partial charge on any atom is -0.497 e. The zero-order chi connectivity index (χ0) is 14.6. The van der Waals surface area contributed by atoms with Crippen LogP contribution in [0.25, 0.3) is 0 Å². The van der Waals surface area contributed by atoms with Gasteiger partial charge < -0.3 is 15.2 Å². The third-order valence-corrected chi connectivity index (χ3v) is 3.02. The van der Waals surface area contributed by atoms with E-state index in [9.17, 15) is 4.79 Å². The molecule has 0 bridgehead atoms. The van der Waals surface area contributed by atoms with Crippen molar-refractivity contribution in [1.82, 2.24) is 5.32 Å². The second-order valence-electron chi connectivity index (χ2n) is 4.85. The maximum absolute atomic E-state index is 11.9. The van der Waals surface area contributed by atoms with Gasteiger partial charge in [-0.15, -0.1) is 0 Å². The van der Waals surface area contributed by atoms with Gasteiger partial charge >= 0.3 is 0 Å². The number of carbonyl (C=O) groups is 1. The highest BCUT2D eigenvalue weighted by molar-refractivity contribution is 5.86. The van der Waals surface area contributed by atoms with Gasteiger partial charge in [0.05, 0.1) is 14.2 Å². The SMILES string of the molecule is COc1ccc(OC)c(C(C)(NC(C)C)C(N)=O)c1. The van der Waals surface area contributed by atoms with E-state index in [0.717, 1.165) is 0 Å². The van der Waals surface area contributed by atoms with Crippen LogP contribution in [0.15, 0.2) is 18.2 Å². The first-order chi connectivity index (χ1) is 8.85. The topological polar surface area (TPSA) is 73.6 Å². The summed E-state index contributed by atoms with van der Waals surface area (Å²) in [5.74, 6) is 0.775. The van der Waals surface area contributed by atoms with Crippen LogP contribution in [0.5, 0.6) is 11.5 Å². The molecule has 19 heavy (non-hydrogen) atoms. The van der Waals surface area contributed by atoms with E-state index in [2.05, 4.69) is 5.32 Å². The normalized spacial score (nSPS) is 14.0.